The average molecular weight is 256 g/mol. The number of hydrogen-bond acceptors (Lipinski definition) is 4. The third-order valence-electron chi connectivity index (χ3n) is 3.64. The normalized spacial score (nSPS) is 32.0. The molecule has 0 aliphatic heterocycles. The van der Waals surface area contributed by atoms with Crippen molar-refractivity contribution in [1.82, 2.24) is 0 Å². The molecule has 0 saturated carbocycles. The standard InChI is InChI=1S/C14H24O4/c1-10(2)18-12-9-8-11(15-5)13(3,16-6)14(12,4)17-7/h8-10H,1-7H3. The molecule has 0 N–H and O–H groups in total. The SMILES string of the molecule is COC1=CC=C(OC(C)C)C(C)(OC)C1(C)OC. The highest BCUT2D eigenvalue weighted by molar-refractivity contribution is 5.36. The van der Waals surface area contributed by atoms with Crippen molar-refractivity contribution >= 4 is 0 Å². The van der Waals surface area contributed by atoms with Crippen LogP contribution in [0.25, 0.3) is 0 Å². The van der Waals surface area contributed by atoms with Gasteiger partial charge in [0, 0.05) is 14.2 Å². The predicted octanol–water partition coefficient (Wildman–Crippen LogP) is 2.65. The van der Waals surface area contributed by atoms with E-state index in [9.17, 15) is 0 Å². The lowest BCUT2D eigenvalue weighted by atomic mass is 9.78. The molecule has 104 valence electrons. The zero-order valence-corrected chi connectivity index (χ0v) is 12.4. The number of allylic oxidation sites excluding steroid dienone is 2. The lowest BCUT2D eigenvalue weighted by Gasteiger charge is -2.47. The Morgan fingerprint density at radius 3 is 1.72 bits per heavy atom. The van der Waals surface area contributed by atoms with Gasteiger partial charge in [0.15, 0.2) is 11.2 Å². The second kappa shape index (κ2) is 5.33. The van der Waals surface area contributed by atoms with E-state index in [0.717, 1.165) is 5.76 Å². The zero-order chi connectivity index (χ0) is 14.0. The lowest BCUT2D eigenvalue weighted by Crippen LogP contribution is -2.57. The van der Waals surface area contributed by atoms with E-state index in [-0.39, 0.29) is 6.10 Å². The second-order valence-corrected chi connectivity index (χ2v) is 4.91. The summed E-state index contributed by atoms with van der Waals surface area (Å²) in [4.78, 5) is 0. The summed E-state index contributed by atoms with van der Waals surface area (Å²) in [6, 6.07) is 0. The quantitative estimate of drug-likeness (QED) is 0.757. The van der Waals surface area contributed by atoms with Crippen LogP contribution in [0.2, 0.25) is 0 Å². The van der Waals surface area contributed by atoms with Crippen LogP contribution in [0.3, 0.4) is 0 Å². The summed E-state index contributed by atoms with van der Waals surface area (Å²) in [5.41, 5.74) is -1.46. The molecule has 4 nitrogen and oxygen atoms in total. The summed E-state index contributed by atoms with van der Waals surface area (Å²) in [6.45, 7) is 7.84. The molecule has 0 aromatic heterocycles. The third-order valence-corrected chi connectivity index (χ3v) is 3.64. The molecular weight excluding hydrogens is 232 g/mol. The lowest BCUT2D eigenvalue weighted by molar-refractivity contribution is -0.169. The van der Waals surface area contributed by atoms with Crippen LogP contribution in [-0.4, -0.2) is 38.6 Å². The fourth-order valence-electron chi connectivity index (χ4n) is 2.20. The van der Waals surface area contributed by atoms with Gasteiger partial charge in [-0.2, -0.15) is 0 Å². The largest absolute Gasteiger partial charge is 0.498 e. The first-order valence-corrected chi connectivity index (χ1v) is 6.09. The number of rotatable bonds is 5. The molecular formula is C14H24O4. The van der Waals surface area contributed by atoms with Gasteiger partial charge < -0.3 is 18.9 Å². The summed E-state index contributed by atoms with van der Waals surface area (Å²) in [5.74, 6) is 1.45. The van der Waals surface area contributed by atoms with Crippen LogP contribution in [0.1, 0.15) is 27.7 Å². The highest BCUT2D eigenvalue weighted by atomic mass is 16.6. The van der Waals surface area contributed by atoms with E-state index in [1.165, 1.54) is 0 Å². The molecule has 0 bridgehead atoms. The van der Waals surface area contributed by atoms with E-state index in [1.54, 1.807) is 21.3 Å². The van der Waals surface area contributed by atoms with Crippen molar-refractivity contribution in [2.24, 2.45) is 0 Å². The smallest absolute Gasteiger partial charge is 0.157 e. The van der Waals surface area contributed by atoms with Gasteiger partial charge in [-0.25, -0.2) is 0 Å². The van der Waals surface area contributed by atoms with Crippen molar-refractivity contribution in [3.63, 3.8) is 0 Å². The van der Waals surface area contributed by atoms with Gasteiger partial charge in [0.05, 0.1) is 13.2 Å². The third kappa shape index (κ3) is 2.15. The summed E-state index contributed by atoms with van der Waals surface area (Å²) in [7, 11) is 4.91. The molecule has 2 unspecified atom stereocenters. The summed E-state index contributed by atoms with van der Waals surface area (Å²) >= 11 is 0. The maximum atomic E-state index is 5.84. The molecule has 0 radical (unpaired) electrons. The van der Waals surface area contributed by atoms with E-state index in [0.29, 0.717) is 5.76 Å². The van der Waals surface area contributed by atoms with E-state index in [2.05, 4.69) is 0 Å². The molecule has 0 spiro atoms. The van der Waals surface area contributed by atoms with Crippen molar-refractivity contribution in [2.45, 2.75) is 45.0 Å². The van der Waals surface area contributed by atoms with E-state index >= 15 is 0 Å². The Balaban J connectivity index is 3.28. The predicted molar refractivity (Wildman–Crippen MR) is 70.2 cm³/mol. The van der Waals surface area contributed by atoms with Gasteiger partial charge in [0.25, 0.3) is 0 Å². The van der Waals surface area contributed by atoms with Crippen LogP contribution in [0.4, 0.5) is 0 Å². The molecule has 0 aromatic rings. The van der Waals surface area contributed by atoms with E-state index in [1.807, 2.05) is 39.8 Å². The first-order valence-electron chi connectivity index (χ1n) is 6.09. The Morgan fingerprint density at radius 1 is 0.889 bits per heavy atom. The van der Waals surface area contributed by atoms with Crippen molar-refractivity contribution in [3.05, 3.63) is 23.7 Å². The minimum Gasteiger partial charge on any atom is -0.498 e. The Hall–Kier alpha value is -1.00. The molecule has 0 heterocycles. The Labute approximate surface area is 110 Å². The van der Waals surface area contributed by atoms with Crippen molar-refractivity contribution in [2.75, 3.05) is 21.3 Å². The molecule has 0 amide bonds. The van der Waals surface area contributed by atoms with Crippen LogP contribution in [0.15, 0.2) is 23.7 Å². The molecule has 0 saturated heterocycles. The highest BCUT2D eigenvalue weighted by Gasteiger charge is 2.55. The van der Waals surface area contributed by atoms with Crippen LogP contribution in [0.5, 0.6) is 0 Å². The maximum absolute atomic E-state index is 5.84. The molecule has 18 heavy (non-hydrogen) atoms. The first-order chi connectivity index (χ1) is 8.35. The first kappa shape index (κ1) is 15.1. The summed E-state index contributed by atoms with van der Waals surface area (Å²) in [6.07, 6.45) is 3.81. The maximum Gasteiger partial charge on any atom is 0.157 e. The van der Waals surface area contributed by atoms with Gasteiger partial charge in [-0.1, -0.05) is 0 Å². The van der Waals surface area contributed by atoms with E-state index < -0.39 is 11.2 Å². The Morgan fingerprint density at radius 2 is 1.33 bits per heavy atom. The fraction of sp³-hybridized carbons (Fsp3) is 0.714. The van der Waals surface area contributed by atoms with Crippen molar-refractivity contribution in [3.8, 4) is 0 Å². The van der Waals surface area contributed by atoms with Gasteiger partial charge in [0.1, 0.15) is 11.5 Å². The van der Waals surface area contributed by atoms with Crippen LogP contribution in [0, 0.1) is 0 Å². The molecule has 1 rings (SSSR count). The minimum atomic E-state index is -0.730. The van der Waals surface area contributed by atoms with Crippen LogP contribution in [-0.2, 0) is 18.9 Å². The summed E-state index contributed by atoms with van der Waals surface area (Å²) in [5, 5.41) is 0. The molecule has 4 heteroatoms. The van der Waals surface area contributed by atoms with Gasteiger partial charge in [-0.3, -0.25) is 0 Å². The van der Waals surface area contributed by atoms with Gasteiger partial charge in [-0.05, 0) is 39.8 Å². The number of ether oxygens (including phenoxy) is 4. The average Bonchev–Trinajstić information content (AvgIpc) is 2.34. The van der Waals surface area contributed by atoms with Crippen molar-refractivity contribution < 1.29 is 18.9 Å². The molecule has 1 aliphatic carbocycles. The van der Waals surface area contributed by atoms with Crippen LogP contribution < -0.4 is 0 Å². The molecule has 0 aromatic carbocycles. The summed E-state index contributed by atoms with van der Waals surface area (Å²) < 4.78 is 22.6. The van der Waals surface area contributed by atoms with E-state index in [4.69, 9.17) is 18.9 Å². The molecule has 2 atom stereocenters. The topological polar surface area (TPSA) is 36.9 Å². The molecule has 0 fully saturated rings. The second-order valence-electron chi connectivity index (χ2n) is 4.91. The van der Waals surface area contributed by atoms with Gasteiger partial charge >= 0.3 is 0 Å². The minimum absolute atomic E-state index is 0.0735. The fourth-order valence-corrected chi connectivity index (χ4v) is 2.20. The monoisotopic (exact) mass is 256 g/mol. The van der Waals surface area contributed by atoms with Crippen LogP contribution >= 0.6 is 0 Å². The number of methoxy groups -OCH3 is 3. The zero-order valence-electron chi connectivity index (χ0n) is 12.4. The number of hydrogen-bond donors (Lipinski definition) is 0. The van der Waals surface area contributed by atoms with Gasteiger partial charge in [-0.15, -0.1) is 0 Å². The molecule has 1 aliphatic rings. The Kier molecular flexibility index (Phi) is 4.46. The Bertz CT molecular complexity index is 359. The van der Waals surface area contributed by atoms with Gasteiger partial charge in [0.2, 0.25) is 0 Å². The highest BCUT2D eigenvalue weighted by Crippen LogP contribution is 2.44. The van der Waals surface area contributed by atoms with Crippen molar-refractivity contribution in [1.29, 1.82) is 0 Å².